The average Bonchev–Trinajstić information content (AvgIpc) is 2.32. The lowest BCUT2D eigenvalue weighted by molar-refractivity contribution is 0.332. The highest BCUT2D eigenvalue weighted by Gasteiger charge is 2.16. The van der Waals surface area contributed by atoms with Gasteiger partial charge in [-0.2, -0.15) is 0 Å². The zero-order valence-corrected chi connectivity index (χ0v) is 12.6. The van der Waals surface area contributed by atoms with Gasteiger partial charge in [-0.3, -0.25) is 0 Å². The van der Waals surface area contributed by atoms with E-state index in [9.17, 15) is 0 Å². The first kappa shape index (κ1) is 14.4. The molecule has 0 amide bonds. The Morgan fingerprint density at radius 2 is 2.00 bits per heavy atom. The molecular formula is C16H26N2O. The van der Waals surface area contributed by atoms with Gasteiger partial charge >= 0.3 is 0 Å². The molecule has 1 fully saturated rings. The van der Waals surface area contributed by atoms with Crippen LogP contribution in [0.2, 0.25) is 0 Å². The smallest absolute Gasteiger partial charge is 0.125 e. The molecule has 0 unspecified atom stereocenters. The molecule has 1 saturated heterocycles. The van der Waals surface area contributed by atoms with Crippen molar-refractivity contribution in [3.05, 3.63) is 28.3 Å². The van der Waals surface area contributed by atoms with Crippen LogP contribution in [0.1, 0.15) is 22.3 Å². The van der Waals surface area contributed by atoms with Crippen molar-refractivity contribution in [3.63, 3.8) is 0 Å². The van der Waals surface area contributed by atoms with Gasteiger partial charge in [-0.25, -0.2) is 0 Å². The van der Waals surface area contributed by atoms with Crippen molar-refractivity contribution in [3.8, 4) is 5.75 Å². The van der Waals surface area contributed by atoms with Gasteiger partial charge < -0.3 is 15.4 Å². The lowest BCUT2D eigenvalue weighted by Gasteiger charge is -2.27. The van der Waals surface area contributed by atoms with E-state index in [1.807, 2.05) is 0 Å². The molecule has 0 spiro atoms. The maximum atomic E-state index is 5.61. The molecule has 19 heavy (non-hydrogen) atoms. The minimum absolute atomic E-state index is 0.822. The van der Waals surface area contributed by atoms with Gasteiger partial charge in [-0.05, 0) is 61.9 Å². The van der Waals surface area contributed by atoms with Crippen LogP contribution in [0.4, 0.5) is 0 Å². The Kier molecular flexibility index (Phi) is 4.83. The topological polar surface area (TPSA) is 33.3 Å². The molecule has 2 N–H and O–H groups in total. The van der Waals surface area contributed by atoms with Gasteiger partial charge in [0, 0.05) is 19.6 Å². The van der Waals surface area contributed by atoms with Crippen molar-refractivity contribution in [1.29, 1.82) is 0 Å². The number of benzene rings is 1. The number of aryl methyl sites for hydroxylation is 2. The second kappa shape index (κ2) is 6.40. The van der Waals surface area contributed by atoms with Gasteiger partial charge in [0.25, 0.3) is 0 Å². The van der Waals surface area contributed by atoms with E-state index in [0.29, 0.717) is 0 Å². The summed E-state index contributed by atoms with van der Waals surface area (Å²) < 4.78 is 5.61. The molecule has 1 heterocycles. The zero-order valence-electron chi connectivity index (χ0n) is 12.6. The highest BCUT2D eigenvalue weighted by atomic mass is 16.5. The van der Waals surface area contributed by atoms with Gasteiger partial charge in [0.1, 0.15) is 5.75 Å². The van der Waals surface area contributed by atoms with Gasteiger partial charge in [0.2, 0.25) is 0 Å². The third kappa shape index (κ3) is 3.28. The fourth-order valence-electron chi connectivity index (χ4n) is 2.70. The van der Waals surface area contributed by atoms with Crippen LogP contribution in [-0.4, -0.2) is 33.3 Å². The Hall–Kier alpha value is -1.06. The van der Waals surface area contributed by atoms with E-state index in [2.05, 4.69) is 37.5 Å². The van der Waals surface area contributed by atoms with Crippen molar-refractivity contribution in [2.75, 3.05) is 33.3 Å². The van der Waals surface area contributed by atoms with Gasteiger partial charge in [0.15, 0.2) is 0 Å². The number of methoxy groups -OCH3 is 1. The van der Waals surface area contributed by atoms with E-state index in [-0.39, 0.29) is 0 Å². The van der Waals surface area contributed by atoms with Crippen LogP contribution < -0.4 is 15.4 Å². The van der Waals surface area contributed by atoms with E-state index in [4.69, 9.17) is 4.74 Å². The lowest BCUT2D eigenvalue weighted by Crippen LogP contribution is -2.47. The van der Waals surface area contributed by atoms with Crippen LogP contribution in [0.5, 0.6) is 5.75 Å². The SMILES string of the molecule is COc1c(C)c(C)cc(C)c1CCNCC1CNC1. The monoisotopic (exact) mass is 262 g/mol. The number of hydrogen-bond donors (Lipinski definition) is 2. The van der Waals surface area contributed by atoms with Crippen molar-refractivity contribution >= 4 is 0 Å². The molecule has 0 aliphatic carbocycles. The van der Waals surface area contributed by atoms with Crippen molar-refractivity contribution in [2.24, 2.45) is 5.92 Å². The quantitative estimate of drug-likeness (QED) is 0.769. The summed E-state index contributed by atoms with van der Waals surface area (Å²) in [6, 6.07) is 2.27. The number of hydrogen-bond acceptors (Lipinski definition) is 3. The lowest BCUT2D eigenvalue weighted by atomic mass is 9.96. The van der Waals surface area contributed by atoms with Crippen LogP contribution in [0.25, 0.3) is 0 Å². The predicted octanol–water partition coefficient (Wildman–Crippen LogP) is 1.97. The maximum absolute atomic E-state index is 5.61. The van der Waals surface area contributed by atoms with Gasteiger partial charge in [-0.15, -0.1) is 0 Å². The molecule has 0 atom stereocenters. The fraction of sp³-hybridized carbons (Fsp3) is 0.625. The third-order valence-corrected chi connectivity index (χ3v) is 4.17. The first-order valence-corrected chi connectivity index (χ1v) is 7.18. The normalized spacial score (nSPS) is 15.4. The predicted molar refractivity (Wildman–Crippen MR) is 80.1 cm³/mol. The summed E-state index contributed by atoms with van der Waals surface area (Å²) in [5.74, 6) is 1.90. The molecular weight excluding hydrogens is 236 g/mol. The van der Waals surface area contributed by atoms with Crippen LogP contribution in [-0.2, 0) is 6.42 Å². The molecule has 1 aromatic rings. The Balaban J connectivity index is 1.96. The molecule has 1 aromatic carbocycles. The Morgan fingerprint density at radius 1 is 1.26 bits per heavy atom. The molecule has 0 radical (unpaired) electrons. The summed E-state index contributed by atoms with van der Waals surface area (Å²) in [5.41, 5.74) is 5.27. The van der Waals surface area contributed by atoms with E-state index in [1.54, 1.807) is 7.11 Å². The summed E-state index contributed by atoms with van der Waals surface area (Å²) in [6.07, 6.45) is 1.04. The molecule has 1 aliphatic rings. The van der Waals surface area contributed by atoms with Gasteiger partial charge in [0.05, 0.1) is 7.11 Å². The zero-order chi connectivity index (χ0) is 13.8. The summed E-state index contributed by atoms with van der Waals surface area (Å²) in [6.45, 7) is 11.0. The molecule has 2 rings (SSSR count). The van der Waals surface area contributed by atoms with Gasteiger partial charge in [-0.1, -0.05) is 6.07 Å². The standard InChI is InChI=1S/C16H26N2O/c1-11-7-12(2)15(16(19-4)13(11)3)5-6-17-8-14-9-18-10-14/h7,14,17-18H,5-6,8-10H2,1-4H3. The average molecular weight is 262 g/mol. The van der Waals surface area contributed by atoms with E-state index in [1.165, 1.54) is 35.3 Å². The highest BCUT2D eigenvalue weighted by molar-refractivity contribution is 5.49. The minimum atomic E-state index is 0.822. The minimum Gasteiger partial charge on any atom is -0.496 e. The molecule has 3 heteroatoms. The van der Waals surface area contributed by atoms with E-state index >= 15 is 0 Å². The summed E-state index contributed by atoms with van der Waals surface area (Å²) in [7, 11) is 1.78. The van der Waals surface area contributed by atoms with E-state index in [0.717, 1.165) is 31.2 Å². The highest BCUT2D eigenvalue weighted by Crippen LogP contribution is 2.29. The Labute approximate surface area is 116 Å². The second-order valence-corrected chi connectivity index (χ2v) is 5.63. The number of nitrogens with one attached hydrogen (secondary N) is 2. The third-order valence-electron chi connectivity index (χ3n) is 4.17. The Bertz CT molecular complexity index is 439. The van der Waals surface area contributed by atoms with Crippen LogP contribution in [0, 0.1) is 26.7 Å². The maximum Gasteiger partial charge on any atom is 0.125 e. The molecule has 0 bridgehead atoms. The Morgan fingerprint density at radius 3 is 2.58 bits per heavy atom. The van der Waals surface area contributed by atoms with Crippen molar-refractivity contribution in [1.82, 2.24) is 10.6 Å². The fourth-order valence-corrected chi connectivity index (χ4v) is 2.70. The summed E-state index contributed by atoms with van der Waals surface area (Å²) in [5, 5.41) is 6.85. The van der Waals surface area contributed by atoms with Crippen molar-refractivity contribution < 1.29 is 4.74 Å². The van der Waals surface area contributed by atoms with Crippen LogP contribution in [0.15, 0.2) is 6.07 Å². The van der Waals surface area contributed by atoms with Crippen LogP contribution in [0.3, 0.4) is 0 Å². The summed E-state index contributed by atoms with van der Waals surface area (Å²) >= 11 is 0. The largest absolute Gasteiger partial charge is 0.496 e. The first-order chi connectivity index (χ1) is 9.13. The molecule has 0 aromatic heterocycles. The molecule has 1 aliphatic heterocycles. The second-order valence-electron chi connectivity index (χ2n) is 5.63. The van der Waals surface area contributed by atoms with Crippen molar-refractivity contribution in [2.45, 2.75) is 27.2 Å². The van der Waals surface area contributed by atoms with Crippen LogP contribution >= 0.6 is 0 Å². The summed E-state index contributed by atoms with van der Waals surface area (Å²) in [4.78, 5) is 0. The number of rotatable bonds is 6. The molecule has 0 saturated carbocycles. The number of ether oxygens (including phenoxy) is 1. The molecule has 3 nitrogen and oxygen atoms in total. The molecule has 106 valence electrons. The van der Waals surface area contributed by atoms with E-state index < -0.39 is 0 Å². The first-order valence-electron chi connectivity index (χ1n) is 7.18.